The lowest BCUT2D eigenvalue weighted by molar-refractivity contribution is 0.834. The topological polar surface area (TPSA) is 56.7 Å². The van der Waals surface area contributed by atoms with Gasteiger partial charge in [0.2, 0.25) is 5.95 Å². The van der Waals surface area contributed by atoms with Gasteiger partial charge in [-0.3, -0.25) is 4.98 Å². The first-order chi connectivity index (χ1) is 8.75. The van der Waals surface area contributed by atoms with Gasteiger partial charge in [-0.2, -0.15) is 0 Å². The van der Waals surface area contributed by atoms with Gasteiger partial charge in [0.05, 0.1) is 17.6 Å². The number of aromatic nitrogens is 3. The number of hydrogen-bond acceptors (Lipinski definition) is 3. The second kappa shape index (κ2) is 4.14. The van der Waals surface area contributed by atoms with Crippen LogP contribution in [-0.4, -0.2) is 14.5 Å². The minimum atomic E-state index is 0.552. The van der Waals surface area contributed by atoms with Gasteiger partial charge < -0.3 is 10.3 Å². The fraction of sp³-hybridized carbons (Fsp3) is 0.143. The molecule has 0 atom stereocenters. The maximum absolute atomic E-state index is 6.01. The van der Waals surface area contributed by atoms with E-state index >= 15 is 0 Å². The largest absolute Gasteiger partial charge is 0.369 e. The zero-order chi connectivity index (χ0) is 12.5. The number of anilines is 1. The summed E-state index contributed by atoms with van der Waals surface area (Å²) in [5.41, 5.74) is 10.4. The van der Waals surface area contributed by atoms with Gasteiger partial charge in [0.1, 0.15) is 0 Å². The number of nitrogen functional groups attached to an aromatic ring is 1. The van der Waals surface area contributed by atoms with Crippen LogP contribution in [0.4, 0.5) is 5.95 Å². The predicted molar refractivity (Wildman–Crippen MR) is 72.2 cm³/mol. The van der Waals surface area contributed by atoms with Gasteiger partial charge >= 0.3 is 0 Å². The van der Waals surface area contributed by atoms with Crippen molar-refractivity contribution in [1.29, 1.82) is 0 Å². The van der Waals surface area contributed by atoms with E-state index in [4.69, 9.17) is 5.73 Å². The average Bonchev–Trinajstić information content (AvgIpc) is 2.69. The zero-order valence-electron chi connectivity index (χ0n) is 10.2. The van der Waals surface area contributed by atoms with Crippen molar-refractivity contribution in [3.63, 3.8) is 0 Å². The molecule has 4 nitrogen and oxygen atoms in total. The van der Waals surface area contributed by atoms with E-state index in [1.54, 1.807) is 12.4 Å². The van der Waals surface area contributed by atoms with Crippen LogP contribution in [0.25, 0.3) is 11.0 Å². The SMILES string of the molecule is Cc1cccc2nc(N)n(Cc3ccncc3)c12. The lowest BCUT2D eigenvalue weighted by atomic mass is 10.2. The summed E-state index contributed by atoms with van der Waals surface area (Å²) in [6.45, 7) is 2.79. The first-order valence-corrected chi connectivity index (χ1v) is 5.86. The standard InChI is InChI=1S/C14H14N4/c1-10-3-2-4-12-13(10)18(14(15)17-12)9-11-5-7-16-8-6-11/h2-8H,9H2,1H3,(H2,15,17). The van der Waals surface area contributed by atoms with Crippen molar-refractivity contribution in [1.82, 2.24) is 14.5 Å². The number of aryl methyl sites for hydroxylation is 1. The van der Waals surface area contributed by atoms with Crippen molar-refractivity contribution in [3.05, 3.63) is 53.9 Å². The van der Waals surface area contributed by atoms with Gasteiger partial charge in [0.15, 0.2) is 0 Å². The van der Waals surface area contributed by atoms with E-state index in [0.29, 0.717) is 5.95 Å². The van der Waals surface area contributed by atoms with E-state index in [9.17, 15) is 0 Å². The summed E-state index contributed by atoms with van der Waals surface area (Å²) in [7, 11) is 0. The molecule has 0 bridgehead atoms. The van der Waals surface area contributed by atoms with Gasteiger partial charge in [-0.25, -0.2) is 4.98 Å². The molecule has 4 heteroatoms. The van der Waals surface area contributed by atoms with Crippen molar-refractivity contribution < 1.29 is 0 Å². The third kappa shape index (κ3) is 1.72. The van der Waals surface area contributed by atoms with Gasteiger partial charge in [-0.1, -0.05) is 12.1 Å². The van der Waals surface area contributed by atoms with Gasteiger partial charge in [0, 0.05) is 12.4 Å². The quantitative estimate of drug-likeness (QED) is 0.745. The van der Waals surface area contributed by atoms with Crippen LogP contribution >= 0.6 is 0 Å². The number of benzene rings is 1. The van der Waals surface area contributed by atoms with Crippen LogP contribution in [0.5, 0.6) is 0 Å². The summed E-state index contributed by atoms with van der Waals surface area (Å²) >= 11 is 0. The van der Waals surface area contributed by atoms with Crippen LogP contribution in [-0.2, 0) is 6.54 Å². The summed E-state index contributed by atoms with van der Waals surface area (Å²) in [4.78, 5) is 8.42. The van der Waals surface area contributed by atoms with Crippen LogP contribution in [0.2, 0.25) is 0 Å². The first kappa shape index (κ1) is 10.8. The Morgan fingerprint density at radius 3 is 2.72 bits per heavy atom. The number of hydrogen-bond donors (Lipinski definition) is 1. The van der Waals surface area contributed by atoms with Crippen molar-refractivity contribution in [2.24, 2.45) is 0 Å². The average molecular weight is 238 g/mol. The number of pyridine rings is 1. The Labute approximate surface area is 105 Å². The molecule has 90 valence electrons. The Kier molecular flexibility index (Phi) is 2.48. The fourth-order valence-electron chi connectivity index (χ4n) is 2.21. The first-order valence-electron chi connectivity index (χ1n) is 5.86. The van der Waals surface area contributed by atoms with Gasteiger partial charge in [-0.05, 0) is 36.2 Å². The van der Waals surface area contributed by atoms with E-state index in [0.717, 1.165) is 17.6 Å². The highest BCUT2D eigenvalue weighted by Gasteiger charge is 2.10. The highest BCUT2D eigenvalue weighted by atomic mass is 15.1. The Morgan fingerprint density at radius 2 is 1.94 bits per heavy atom. The van der Waals surface area contributed by atoms with Crippen molar-refractivity contribution in [2.75, 3.05) is 5.73 Å². The third-order valence-electron chi connectivity index (χ3n) is 3.09. The molecule has 0 amide bonds. The number of fused-ring (bicyclic) bond motifs is 1. The third-order valence-corrected chi connectivity index (χ3v) is 3.09. The smallest absolute Gasteiger partial charge is 0.201 e. The minimum Gasteiger partial charge on any atom is -0.369 e. The number of nitrogens with two attached hydrogens (primary N) is 1. The molecule has 3 rings (SSSR count). The summed E-state index contributed by atoms with van der Waals surface area (Å²) < 4.78 is 2.04. The lowest BCUT2D eigenvalue weighted by Crippen LogP contribution is -2.05. The highest BCUT2D eigenvalue weighted by molar-refractivity contribution is 5.81. The number of imidazole rings is 1. The molecule has 0 aliphatic rings. The number of rotatable bonds is 2. The molecular formula is C14H14N4. The van der Waals surface area contributed by atoms with Gasteiger partial charge in [-0.15, -0.1) is 0 Å². The molecule has 1 aromatic carbocycles. The van der Waals surface area contributed by atoms with E-state index < -0.39 is 0 Å². The Hall–Kier alpha value is -2.36. The molecule has 0 fully saturated rings. The Balaban J connectivity index is 2.14. The molecule has 2 N–H and O–H groups in total. The Bertz CT molecular complexity index is 686. The summed E-state index contributed by atoms with van der Waals surface area (Å²) in [5, 5.41) is 0. The van der Waals surface area contributed by atoms with Crippen LogP contribution in [0.3, 0.4) is 0 Å². The fourth-order valence-corrected chi connectivity index (χ4v) is 2.21. The monoisotopic (exact) mass is 238 g/mol. The molecule has 0 radical (unpaired) electrons. The predicted octanol–water partition coefficient (Wildman–Crippen LogP) is 2.37. The zero-order valence-corrected chi connectivity index (χ0v) is 10.2. The number of nitrogens with zero attached hydrogens (tertiary/aromatic N) is 3. The van der Waals surface area contributed by atoms with Gasteiger partial charge in [0.25, 0.3) is 0 Å². The van der Waals surface area contributed by atoms with Crippen LogP contribution < -0.4 is 5.73 Å². The van der Waals surface area contributed by atoms with E-state index in [1.165, 1.54) is 11.1 Å². The normalized spacial score (nSPS) is 10.9. The second-order valence-corrected chi connectivity index (χ2v) is 4.35. The van der Waals surface area contributed by atoms with E-state index in [-0.39, 0.29) is 0 Å². The van der Waals surface area contributed by atoms with Crippen LogP contribution in [0.15, 0.2) is 42.7 Å². The second-order valence-electron chi connectivity index (χ2n) is 4.35. The number of para-hydroxylation sites is 1. The Morgan fingerprint density at radius 1 is 1.17 bits per heavy atom. The molecule has 0 aliphatic carbocycles. The van der Waals surface area contributed by atoms with Crippen molar-refractivity contribution in [2.45, 2.75) is 13.5 Å². The van der Waals surface area contributed by atoms with E-state index in [1.807, 2.05) is 28.8 Å². The molecule has 0 aliphatic heterocycles. The summed E-state index contributed by atoms with van der Waals surface area (Å²) in [6, 6.07) is 10.0. The molecule has 2 aromatic heterocycles. The maximum Gasteiger partial charge on any atom is 0.201 e. The molecule has 2 heterocycles. The molecular weight excluding hydrogens is 224 g/mol. The van der Waals surface area contributed by atoms with Crippen LogP contribution in [0.1, 0.15) is 11.1 Å². The maximum atomic E-state index is 6.01. The molecule has 0 saturated carbocycles. The molecule has 0 spiro atoms. The van der Waals surface area contributed by atoms with Crippen LogP contribution in [0, 0.1) is 6.92 Å². The lowest BCUT2D eigenvalue weighted by Gasteiger charge is -2.07. The van der Waals surface area contributed by atoms with E-state index in [2.05, 4.69) is 23.0 Å². The molecule has 0 unspecified atom stereocenters. The summed E-state index contributed by atoms with van der Waals surface area (Å²) in [5.74, 6) is 0.552. The summed E-state index contributed by atoms with van der Waals surface area (Å²) in [6.07, 6.45) is 3.58. The minimum absolute atomic E-state index is 0.552. The highest BCUT2D eigenvalue weighted by Crippen LogP contribution is 2.22. The van der Waals surface area contributed by atoms with Crippen molar-refractivity contribution in [3.8, 4) is 0 Å². The molecule has 3 aromatic rings. The molecule has 0 saturated heterocycles. The molecule has 18 heavy (non-hydrogen) atoms. The van der Waals surface area contributed by atoms with Crippen molar-refractivity contribution >= 4 is 17.0 Å².